The summed E-state index contributed by atoms with van der Waals surface area (Å²) in [6.07, 6.45) is 2.04. The lowest BCUT2D eigenvalue weighted by molar-refractivity contribution is 0.0126. The van der Waals surface area contributed by atoms with Gasteiger partial charge >= 0.3 is 0 Å². The molecule has 0 aliphatic carbocycles. The number of rotatable bonds is 4. The Kier molecular flexibility index (Phi) is 4.06. The lowest BCUT2D eigenvalue weighted by Gasteiger charge is -2.24. The van der Waals surface area contributed by atoms with Gasteiger partial charge in [-0.1, -0.05) is 0 Å². The Morgan fingerprint density at radius 1 is 1.38 bits per heavy atom. The van der Waals surface area contributed by atoms with E-state index < -0.39 is 5.92 Å². The molecular weight excluding hydrogens is 174 g/mol. The highest BCUT2D eigenvalue weighted by Crippen LogP contribution is 2.15. The molecule has 1 rings (SSSR count). The Balaban J connectivity index is 2.04. The zero-order valence-corrected chi connectivity index (χ0v) is 8.08. The average molecular weight is 192 g/mol. The van der Waals surface area contributed by atoms with Gasteiger partial charge in [0.25, 0.3) is 0 Å². The van der Waals surface area contributed by atoms with Crippen molar-refractivity contribution in [2.75, 3.05) is 19.6 Å². The normalized spacial score (nSPS) is 20.5. The summed E-state index contributed by atoms with van der Waals surface area (Å²) in [7, 11) is 0. The van der Waals surface area contributed by atoms with Gasteiger partial charge in [0.1, 0.15) is 0 Å². The number of halogens is 2. The maximum absolute atomic E-state index is 12.4. The van der Waals surface area contributed by atoms with Gasteiger partial charge in [-0.25, -0.2) is 8.78 Å². The highest BCUT2D eigenvalue weighted by Gasteiger charge is 2.21. The number of hydrogen-bond donors (Lipinski definition) is 2. The van der Waals surface area contributed by atoms with E-state index in [4.69, 9.17) is 0 Å². The van der Waals surface area contributed by atoms with Crippen LogP contribution in [0, 0.1) is 0 Å². The van der Waals surface area contributed by atoms with E-state index in [0.29, 0.717) is 12.6 Å². The van der Waals surface area contributed by atoms with Crippen LogP contribution in [0.15, 0.2) is 0 Å². The van der Waals surface area contributed by atoms with Crippen molar-refractivity contribution in [1.29, 1.82) is 0 Å². The maximum atomic E-state index is 12.4. The molecule has 1 saturated heterocycles. The van der Waals surface area contributed by atoms with Crippen LogP contribution in [-0.2, 0) is 0 Å². The monoisotopic (exact) mass is 192 g/mol. The molecule has 0 unspecified atom stereocenters. The van der Waals surface area contributed by atoms with Crippen LogP contribution in [0.2, 0.25) is 0 Å². The van der Waals surface area contributed by atoms with E-state index in [1.165, 1.54) is 0 Å². The average Bonchev–Trinajstić information content (AvgIpc) is 2.04. The smallest absolute Gasteiger partial charge is 0.246 e. The standard InChI is InChI=1S/C9H18F2N2/c1-9(10,11)4-7-13-8-2-5-12-6-3-8/h8,12-13H,2-7H2,1H3. The van der Waals surface area contributed by atoms with E-state index >= 15 is 0 Å². The first-order chi connectivity index (χ1) is 6.08. The fourth-order valence-electron chi connectivity index (χ4n) is 1.52. The number of nitrogens with one attached hydrogen (secondary N) is 2. The molecule has 0 aromatic rings. The van der Waals surface area contributed by atoms with Gasteiger partial charge in [-0.2, -0.15) is 0 Å². The molecular formula is C9H18F2N2. The lowest BCUT2D eigenvalue weighted by atomic mass is 10.1. The molecule has 0 spiro atoms. The van der Waals surface area contributed by atoms with Gasteiger partial charge in [0.2, 0.25) is 5.92 Å². The molecule has 78 valence electrons. The fraction of sp³-hybridized carbons (Fsp3) is 1.00. The van der Waals surface area contributed by atoms with Gasteiger partial charge in [-0.15, -0.1) is 0 Å². The molecule has 0 aromatic carbocycles. The second-order valence-electron chi connectivity index (χ2n) is 3.80. The molecule has 0 saturated carbocycles. The van der Waals surface area contributed by atoms with Crippen LogP contribution in [0.4, 0.5) is 8.78 Å². The third-order valence-corrected chi connectivity index (χ3v) is 2.34. The van der Waals surface area contributed by atoms with E-state index in [1.54, 1.807) is 0 Å². The van der Waals surface area contributed by atoms with Gasteiger partial charge in [0, 0.05) is 19.0 Å². The summed E-state index contributed by atoms with van der Waals surface area (Å²) in [4.78, 5) is 0. The van der Waals surface area contributed by atoms with Crippen molar-refractivity contribution in [3.8, 4) is 0 Å². The van der Waals surface area contributed by atoms with Crippen molar-refractivity contribution in [1.82, 2.24) is 10.6 Å². The molecule has 1 aliphatic heterocycles. The Morgan fingerprint density at radius 2 is 2.00 bits per heavy atom. The van der Waals surface area contributed by atoms with Crippen LogP contribution in [-0.4, -0.2) is 31.6 Å². The molecule has 2 N–H and O–H groups in total. The van der Waals surface area contributed by atoms with Gasteiger partial charge in [0.15, 0.2) is 0 Å². The van der Waals surface area contributed by atoms with Crippen molar-refractivity contribution in [3.05, 3.63) is 0 Å². The van der Waals surface area contributed by atoms with Gasteiger partial charge < -0.3 is 10.6 Å². The Hall–Kier alpha value is -0.220. The Bertz CT molecular complexity index is 139. The lowest BCUT2D eigenvalue weighted by Crippen LogP contribution is -2.41. The Morgan fingerprint density at radius 3 is 2.54 bits per heavy atom. The first kappa shape index (κ1) is 10.9. The number of hydrogen-bond acceptors (Lipinski definition) is 2. The molecule has 0 aromatic heterocycles. The zero-order chi connectivity index (χ0) is 9.73. The molecule has 13 heavy (non-hydrogen) atoms. The van der Waals surface area contributed by atoms with Crippen LogP contribution in [0.5, 0.6) is 0 Å². The van der Waals surface area contributed by atoms with Crippen LogP contribution >= 0.6 is 0 Å². The number of alkyl halides is 2. The van der Waals surface area contributed by atoms with Crippen molar-refractivity contribution < 1.29 is 8.78 Å². The largest absolute Gasteiger partial charge is 0.317 e. The van der Waals surface area contributed by atoms with Crippen molar-refractivity contribution in [2.24, 2.45) is 0 Å². The second kappa shape index (κ2) is 4.86. The number of piperidine rings is 1. The van der Waals surface area contributed by atoms with Crippen molar-refractivity contribution in [2.45, 2.75) is 38.2 Å². The summed E-state index contributed by atoms with van der Waals surface area (Å²) < 4.78 is 24.8. The third kappa shape index (κ3) is 5.16. The summed E-state index contributed by atoms with van der Waals surface area (Å²) in [5.41, 5.74) is 0. The second-order valence-corrected chi connectivity index (χ2v) is 3.80. The van der Waals surface area contributed by atoms with Crippen LogP contribution in [0.1, 0.15) is 26.2 Å². The van der Waals surface area contributed by atoms with E-state index in [2.05, 4.69) is 10.6 Å². The summed E-state index contributed by atoms with van der Waals surface area (Å²) in [6.45, 7) is 3.39. The van der Waals surface area contributed by atoms with E-state index in [1.807, 2.05) is 0 Å². The van der Waals surface area contributed by atoms with E-state index in [0.717, 1.165) is 32.9 Å². The molecule has 1 fully saturated rings. The summed E-state index contributed by atoms with van der Waals surface area (Å²) in [5.74, 6) is -2.53. The summed E-state index contributed by atoms with van der Waals surface area (Å²) >= 11 is 0. The summed E-state index contributed by atoms with van der Waals surface area (Å²) in [5, 5.41) is 6.39. The zero-order valence-electron chi connectivity index (χ0n) is 8.08. The SMILES string of the molecule is CC(F)(F)CCNC1CCNCC1. The molecule has 0 amide bonds. The third-order valence-electron chi connectivity index (χ3n) is 2.34. The molecule has 0 radical (unpaired) electrons. The minimum Gasteiger partial charge on any atom is -0.317 e. The Labute approximate surface area is 78.1 Å². The van der Waals surface area contributed by atoms with E-state index in [-0.39, 0.29) is 6.42 Å². The first-order valence-electron chi connectivity index (χ1n) is 4.90. The first-order valence-corrected chi connectivity index (χ1v) is 4.90. The quantitative estimate of drug-likeness (QED) is 0.703. The molecule has 1 heterocycles. The predicted molar refractivity (Wildman–Crippen MR) is 49.1 cm³/mol. The summed E-state index contributed by atoms with van der Waals surface area (Å²) in [6, 6.07) is 0.434. The highest BCUT2D eigenvalue weighted by atomic mass is 19.3. The molecule has 0 bridgehead atoms. The van der Waals surface area contributed by atoms with E-state index in [9.17, 15) is 8.78 Å². The van der Waals surface area contributed by atoms with Crippen LogP contribution < -0.4 is 10.6 Å². The molecule has 2 nitrogen and oxygen atoms in total. The highest BCUT2D eigenvalue weighted by molar-refractivity contribution is 4.74. The topological polar surface area (TPSA) is 24.1 Å². The molecule has 4 heteroatoms. The van der Waals surface area contributed by atoms with Crippen LogP contribution in [0.3, 0.4) is 0 Å². The molecule has 1 aliphatic rings. The molecule has 0 atom stereocenters. The van der Waals surface area contributed by atoms with Gasteiger partial charge in [0.05, 0.1) is 0 Å². The predicted octanol–water partition coefficient (Wildman–Crippen LogP) is 1.37. The van der Waals surface area contributed by atoms with Crippen LogP contribution in [0.25, 0.3) is 0 Å². The van der Waals surface area contributed by atoms with Crippen molar-refractivity contribution >= 4 is 0 Å². The minimum absolute atomic E-state index is 0.0586. The minimum atomic E-state index is -2.53. The maximum Gasteiger partial charge on any atom is 0.246 e. The van der Waals surface area contributed by atoms with Gasteiger partial charge in [-0.05, 0) is 32.9 Å². The fourth-order valence-corrected chi connectivity index (χ4v) is 1.52. The van der Waals surface area contributed by atoms with Gasteiger partial charge in [-0.3, -0.25) is 0 Å². The van der Waals surface area contributed by atoms with Crippen molar-refractivity contribution in [3.63, 3.8) is 0 Å².